The lowest BCUT2D eigenvalue weighted by molar-refractivity contribution is 0.323. The van der Waals surface area contributed by atoms with E-state index in [9.17, 15) is 4.79 Å². The Morgan fingerprint density at radius 1 is 1.25 bits per heavy atom. The van der Waals surface area contributed by atoms with E-state index in [0.29, 0.717) is 23.5 Å². The summed E-state index contributed by atoms with van der Waals surface area (Å²) in [6, 6.07) is 6.01. The molecule has 0 amide bonds. The van der Waals surface area contributed by atoms with Gasteiger partial charge in [0.2, 0.25) is 0 Å². The molecule has 9 heteroatoms. The highest BCUT2D eigenvalue weighted by Crippen LogP contribution is 2.58. The number of hydrogen-bond acceptors (Lipinski definition) is 6. The Kier molecular flexibility index (Phi) is 2.88. The second-order valence-electron chi connectivity index (χ2n) is 7.33. The summed E-state index contributed by atoms with van der Waals surface area (Å²) in [5.41, 5.74) is 2.61. The third-order valence-corrected chi connectivity index (χ3v) is 5.42. The van der Waals surface area contributed by atoms with Gasteiger partial charge >= 0.3 is 11.7 Å². The summed E-state index contributed by atoms with van der Waals surface area (Å²) in [6.45, 7) is 0.707. The van der Waals surface area contributed by atoms with Crippen LogP contribution in [0.4, 0.5) is 0 Å². The highest BCUT2D eigenvalue weighted by atomic mass is 16.5. The van der Waals surface area contributed by atoms with Crippen LogP contribution in [0.2, 0.25) is 0 Å². The normalized spacial score (nSPS) is 16.3. The van der Waals surface area contributed by atoms with Gasteiger partial charge in [0.25, 0.3) is 0 Å². The number of benzene rings is 1. The first-order valence-electron chi connectivity index (χ1n) is 9.04. The van der Waals surface area contributed by atoms with Gasteiger partial charge < -0.3 is 14.5 Å². The van der Waals surface area contributed by atoms with Crippen LogP contribution in [0.15, 0.2) is 41.6 Å². The minimum Gasteiger partial charge on any atom is -0.492 e. The minimum absolute atomic E-state index is 0.0921. The van der Waals surface area contributed by atoms with Crippen LogP contribution in [0.5, 0.6) is 17.5 Å². The van der Waals surface area contributed by atoms with Crippen molar-refractivity contribution in [2.24, 2.45) is 7.05 Å². The molecule has 0 saturated heterocycles. The molecule has 28 heavy (non-hydrogen) atoms. The molecule has 1 spiro atoms. The predicted molar refractivity (Wildman–Crippen MR) is 99.2 cm³/mol. The van der Waals surface area contributed by atoms with Crippen molar-refractivity contribution in [3.63, 3.8) is 0 Å². The smallest absolute Gasteiger partial charge is 0.332 e. The summed E-state index contributed by atoms with van der Waals surface area (Å²) in [5, 5.41) is 4.31. The third kappa shape index (κ3) is 2.13. The standard InChI is InChI=1S/C19H16N6O3/c1-24-9-12-16(23-24)25(18(26)22-12)11-7-20-17(21-8-11)28-14-4-2-3-13-15(14)19(5-6-19)10-27-13/h2-4,7-9H,5-6,10H2,1H3,(H,22,26). The van der Waals surface area contributed by atoms with Crippen molar-refractivity contribution in [1.29, 1.82) is 0 Å². The van der Waals surface area contributed by atoms with Crippen molar-refractivity contribution in [3.05, 3.63) is 52.8 Å². The van der Waals surface area contributed by atoms with Crippen LogP contribution in [-0.2, 0) is 12.5 Å². The number of nitrogens with zero attached hydrogens (tertiary/aromatic N) is 5. The Bertz CT molecular complexity index is 1280. The van der Waals surface area contributed by atoms with E-state index in [1.165, 1.54) is 4.57 Å². The Balaban J connectivity index is 1.35. The summed E-state index contributed by atoms with van der Waals surface area (Å²) >= 11 is 0. The fraction of sp³-hybridized carbons (Fsp3) is 0.263. The molecule has 3 aromatic heterocycles. The number of rotatable bonds is 3. The number of aryl methyl sites for hydroxylation is 1. The molecule has 0 bridgehead atoms. The molecule has 9 nitrogen and oxygen atoms in total. The highest BCUT2D eigenvalue weighted by molar-refractivity contribution is 5.72. The number of imidazole rings is 1. The molecule has 0 unspecified atom stereocenters. The number of nitrogens with one attached hydrogen (secondary N) is 1. The summed E-state index contributed by atoms with van der Waals surface area (Å²) in [6.07, 6.45) is 7.07. The summed E-state index contributed by atoms with van der Waals surface area (Å²) in [7, 11) is 1.80. The molecule has 1 saturated carbocycles. The van der Waals surface area contributed by atoms with Crippen molar-refractivity contribution >= 4 is 11.2 Å². The van der Waals surface area contributed by atoms with Crippen molar-refractivity contribution in [2.75, 3.05) is 6.61 Å². The first-order chi connectivity index (χ1) is 13.6. The van der Waals surface area contributed by atoms with E-state index < -0.39 is 0 Å². The van der Waals surface area contributed by atoms with Gasteiger partial charge in [0.1, 0.15) is 17.0 Å². The second-order valence-corrected chi connectivity index (χ2v) is 7.33. The molecule has 1 aliphatic heterocycles. The molecule has 1 fully saturated rings. The molecule has 1 aromatic carbocycles. The lowest BCUT2D eigenvalue weighted by Gasteiger charge is -2.11. The average Bonchev–Trinajstić information content (AvgIpc) is 3.11. The highest BCUT2D eigenvalue weighted by Gasteiger charge is 2.52. The summed E-state index contributed by atoms with van der Waals surface area (Å²) < 4.78 is 14.9. The van der Waals surface area contributed by atoms with E-state index in [4.69, 9.17) is 9.47 Å². The zero-order valence-electron chi connectivity index (χ0n) is 15.0. The monoisotopic (exact) mass is 376 g/mol. The molecule has 0 atom stereocenters. The molecular formula is C19H16N6O3. The Morgan fingerprint density at radius 2 is 2.07 bits per heavy atom. The maximum Gasteiger partial charge on any atom is 0.332 e. The number of fused-ring (bicyclic) bond motifs is 3. The van der Waals surface area contributed by atoms with Crippen LogP contribution in [-0.4, -0.2) is 35.9 Å². The van der Waals surface area contributed by atoms with Gasteiger partial charge in [-0.25, -0.2) is 19.3 Å². The molecule has 4 aromatic rings. The van der Waals surface area contributed by atoms with Gasteiger partial charge in [0.05, 0.1) is 30.9 Å². The lowest BCUT2D eigenvalue weighted by atomic mass is 9.97. The zero-order chi connectivity index (χ0) is 18.9. The Morgan fingerprint density at radius 3 is 2.86 bits per heavy atom. The minimum atomic E-state index is -0.288. The first kappa shape index (κ1) is 15.4. The topological polar surface area (TPSA) is 99.9 Å². The molecular weight excluding hydrogens is 360 g/mol. The van der Waals surface area contributed by atoms with Crippen LogP contribution in [0, 0.1) is 0 Å². The second kappa shape index (κ2) is 5.22. The van der Waals surface area contributed by atoms with Gasteiger partial charge in [-0.1, -0.05) is 6.07 Å². The first-order valence-corrected chi connectivity index (χ1v) is 9.04. The number of aromatic nitrogens is 6. The molecule has 2 aliphatic rings. The molecule has 4 heterocycles. The van der Waals surface area contributed by atoms with E-state index in [-0.39, 0.29) is 17.1 Å². The molecule has 140 valence electrons. The number of ether oxygens (including phenoxy) is 2. The fourth-order valence-corrected chi connectivity index (χ4v) is 3.89. The number of H-pyrrole nitrogens is 1. The van der Waals surface area contributed by atoms with E-state index in [2.05, 4.69) is 20.1 Å². The van der Waals surface area contributed by atoms with Gasteiger partial charge in [-0.2, -0.15) is 5.10 Å². The zero-order valence-corrected chi connectivity index (χ0v) is 15.0. The van der Waals surface area contributed by atoms with Gasteiger partial charge in [0.15, 0.2) is 5.65 Å². The van der Waals surface area contributed by atoms with Crippen molar-refractivity contribution < 1.29 is 9.47 Å². The largest absolute Gasteiger partial charge is 0.492 e. The van der Waals surface area contributed by atoms with Crippen molar-refractivity contribution in [2.45, 2.75) is 18.3 Å². The van der Waals surface area contributed by atoms with Gasteiger partial charge in [-0.3, -0.25) is 4.68 Å². The van der Waals surface area contributed by atoms with Gasteiger partial charge in [-0.15, -0.1) is 0 Å². The van der Waals surface area contributed by atoms with Crippen molar-refractivity contribution in [1.82, 2.24) is 29.3 Å². The molecule has 6 rings (SSSR count). The van der Waals surface area contributed by atoms with Crippen LogP contribution in [0.3, 0.4) is 0 Å². The van der Waals surface area contributed by atoms with Crippen molar-refractivity contribution in [3.8, 4) is 23.2 Å². The maximum absolute atomic E-state index is 12.3. The SMILES string of the molecule is Cn1cc2[nH]c(=O)n(-c3cnc(Oc4cccc5c4C4(CC4)CO5)nc3)c2n1. The van der Waals surface area contributed by atoms with Gasteiger partial charge in [-0.05, 0) is 25.0 Å². The quantitative estimate of drug-likeness (QED) is 0.587. The van der Waals surface area contributed by atoms with E-state index in [1.54, 1.807) is 30.3 Å². The summed E-state index contributed by atoms with van der Waals surface area (Å²) in [5.74, 6) is 1.61. The fourth-order valence-electron chi connectivity index (χ4n) is 3.89. The average molecular weight is 376 g/mol. The molecule has 1 aliphatic carbocycles. The predicted octanol–water partition coefficient (Wildman–Crippen LogP) is 2.06. The van der Waals surface area contributed by atoms with E-state index in [0.717, 1.165) is 29.9 Å². The van der Waals surface area contributed by atoms with Crippen LogP contribution in [0.25, 0.3) is 16.9 Å². The van der Waals surface area contributed by atoms with E-state index in [1.807, 2.05) is 18.2 Å². The Labute approximate surface area is 158 Å². The van der Waals surface area contributed by atoms with Crippen LogP contribution >= 0.6 is 0 Å². The van der Waals surface area contributed by atoms with Crippen LogP contribution in [0.1, 0.15) is 18.4 Å². The third-order valence-electron chi connectivity index (χ3n) is 5.42. The maximum atomic E-state index is 12.3. The van der Waals surface area contributed by atoms with Gasteiger partial charge in [0, 0.05) is 18.0 Å². The molecule has 0 radical (unpaired) electrons. The number of hydrogen-bond donors (Lipinski definition) is 1. The molecule has 1 N–H and O–H groups in total. The van der Waals surface area contributed by atoms with E-state index >= 15 is 0 Å². The number of aromatic amines is 1. The lowest BCUT2D eigenvalue weighted by Crippen LogP contribution is -2.16. The van der Waals surface area contributed by atoms with Crippen LogP contribution < -0.4 is 15.2 Å². The Hall–Kier alpha value is -3.62. The summed E-state index contributed by atoms with van der Waals surface area (Å²) in [4.78, 5) is 23.6.